The van der Waals surface area contributed by atoms with E-state index >= 15 is 0 Å². The number of nitrogens with two attached hydrogens (primary N) is 1. The second-order valence-corrected chi connectivity index (χ2v) is 3.88. The van der Waals surface area contributed by atoms with Gasteiger partial charge in [-0.15, -0.1) is 0 Å². The van der Waals surface area contributed by atoms with Gasteiger partial charge in [-0.1, -0.05) is 42.5 Å². The first kappa shape index (κ1) is 12.3. The highest BCUT2D eigenvalue weighted by molar-refractivity contribution is 7.80. The quantitative estimate of drug-likeness (QED) is 0.637. The molecule has 1 atom stereocenters. The Hall–Kier alpha value is -1.73. The third-order valence-electron chi connectivity index (χ3n) is 2.19. The van der Waals surface area contributed by atoms with Crippen molar-refractivity contribution in [3.63, 3.8) is 0 Å². The molecule has 0 aliphatic carbocycles. The van der Waals surface area contributed by atoms with Crippen molar-refractivity contribution >= 4 is 22.9 Å². The second-order valence-electron chi connectivity index (χ2n) is 3.41. The van der Waals surface area contributed by atoms with Crippen molar-refractivity contribution in [3.05, 3.63) is 35.9 Å². The van der Waals surface area contributed by atoms with Crippen LogP contribution in [0.25, 0.3) is 0 Å². The fourth-order valence-electron chi connectivity index (χ4n) is 1.25. The number of benzene rings is 1. The Balaban J connectivity index is 2.72. The van der Waals surface area contributed by atoms with Gasteiger partial charge in [-0.2, -0.15) is 5.26 Å². The molecule has 0 spiro atoms. The standard InChI is InChI=1S/C12H13N3S/c1-9(11(7-13)12(14)16)15-8-10-5-3-2-4-6-10/h2-6,11H,8H2,1H3,(H2,14,16). The van der Waals surface area contributed by atoms with Crippen molar-refractivity contribution in [2.75, 3.05) is 0 Å². The number of thiocarbonyl (C=S) groups is 1. The Morgan fingerprint density at radius 2 is 2.12 bits per heavy atom. The van der Waals surface area contributed by atoms with Crippen LogP contribution in [0.5, 0.6) is 0 Å². The van der Waals surface area contributed by atoms with Gasteiger partial charge in [0.1, 0.15) is 5.92 Å². The summed E-state index contributed by atoms with van der Waals surface area (Å²) in [4.78, 5) is 4.49. The van der Waals surface area contributed by atoms with E-state index in [1.165, 1.54) is 0 Å². The maximum absolute atomic E-state index is 8.87. The molecular weight excluding hydrogens is 218 g/mol. The van der Waals surface area contributed by atoms with E-state index in [9.17, 15) is 0 Å². The van der Waals surface area contributed by atoms with Gasteiger partial charge in [0.05, 0.1) is 17.6 Å². The minimum atomic E-state index is -0.557. The lowest BCUT2D eigenvalue weighted by Crippen LogP contribution is -2.25. The summed E-state index contributed by atoms with van der Waals surface area (Å²) in [6, 6.07) is 11.9. The van der Waals surface area contributed by atoms with Gasteiger partial charge < -0.3 is 5.73 Å². The van der Waals surface area contributed by atoms with Crippen molar-refractivity contribution in [1.82, 2.24) is 0 Å². The third kappa shape index (κ3) is 3.44. The van der Waals surface area contributed by atoms with Crippen LogP contribution in [-0.2, 0) is 6.54 Å². The Morgan fingerprint density at radius 1 is 1.50 bits per heavy atom. The highest BCUT2D eigenvalue weighted by Gasteiger charge is 2.13. The molecular formula is C12H13N3S. The monoisotopic (exact) mass is 231 g/mol. The van der Waals surface area contributed by atoms with E-state index in [0.29, 0.717) is 12.3 Å². The van der Waals surface area contributed by atoms with Gasteiger partial charge in [0.25, 0.3) is 0 Å². The molecule has 3 nitrogen and oxygen atoms in total. The molecule has 0 heterocycles. The van der Waals surface area contributed by atoms with E-state index in [1.807, 2.05) is 36.4 Å². The average molecular weight is 231 g/mol. The maximum Gasteiger partial charge on any atom is 0.133 e. The van der Waals surface area contributed by atoms with Gasteiger partial charge in [-0.25, -0.2) is 0 Å². The molecule has 0 amide bonds. The summed E-state index contributed by atoms with van der Waals surface area (Å²) in [6.45, 7) is 2.32. The van der Waals surface area contributed by atoms with Gasteiger partial charge in [0.2, 0.25) is 0 Å². The molecule has 1 aromatic carbocycles. The largest absolute Gasteiger partial charge is 0.392 e. The molecule has 2 N–H and O–H groups in total. The van der Waals surface area contributed by atoms with Gasteiger partial charge in [0, 0.05) is 5.71 Å². The van der Waals surface area contributed by atoms with Crippen molar-refractivity contribution in [1.29, 1.82) is 5.26 Å². The number of nitriles is 1. The fourth-order valence-corrected chi connectivity index (χ4v) is 1.48. The predicted octanol–water partition coefficient (Wildman–Crippen LogP) is 2.07. The van der Waals surface area contributed by atoms with Gasteiger partial charge in [-0.05, 0) is 12.5 Å². The summed E-state index contributed by atoms with van der Waals surface area (Å²) in [5, 5.41) is 8.87. The first-order chi connectivity index (χ1) is 7.65. The highest BCUT2D eigenvalue weighted by atomic mass is 32.1. The molecule has 0 fully saturated rings. The number of nitrogens with zero attached hydrogens (tertiary/aromatic N) is 2. The fraction of sp³-hybridized carbons (Fsp3) is 0.250. The Bertz CT molecular complexity index is 431. The Labute approximate surface area is 101 Å². The number of aliphatic imine (C=N–C) groups is 1. The molecule has 1 rings (SSSR count). The molecule has 0 saturated heterocycles. The molecule has 0 saturated carbocycles. The molecule has 0 bridgehead atoms. The van der Waals surface area contributed by atoms with Crippen LogP contribution in [0.3, 0.4) is 0 Å². The molecule has 0 aliphatic heterocycles. The Kier molecular flexibility index (Phi) is 4.62. The van der Waals surface area contributed by atoms with Crippen LogP contribution in [0.2, 0.25) is 0 Å². The average Bonchev–Trinajstić information content (AvgIpc) is 2.28. The topological polar surface area (TPSA) is 62.2 Å². The summed E-state index contributed by atoms with van der Waals surface area (Å²) in [6.07, 6.45) is 0. The molecule has 16 heavy (non-hydrogen) atoms. The van der Waals surface area contributed by atoms with Gasteiger partial charge >= 0.3 is 0 Å². The van der Waals surface area contributed by atoms with E-state index < -0.39 is 5.92 Å². The lowest BCUT2D eigenvalue weighted by Gasteiger charge is -2.06. The SMILES string of the molecule is CC(=NCc1ccccc1)C(C#N)C(N)=S. The van der Waals surface area contributed by atoms with Crippen LogP contribution in [-0.4, -0.2) is 10.7 Å². The van der Waals surface area contributed by atoms with Crippen LogP contribution in [0.4, 0.5) is 0 Å². The van der Waals surface area contributed by atoms with E-state index in [0.717, 1.165) is 5.56 Å². The minimum absolute atomic E-state index is 0.178. The first-order valence-electron chi connectivity index (χ1n) is 4.89. The smallest absolute Gasteiger partial charge is 0.133 e. The van der Waals surface area contributed by atoms with Crippen molar-refractivity contribution < 1.29 is 0 Å². The molecule has 82 valence electrons. The van der Waals surface area contributed by atoms with Crippen LogP contribution in [0.15, 0.2) is 35.3 Å². The van der Waals surface area contributed by atoms with E-state index in [1.54, 1.807) is 6.92 Å². The number of hydrogen-bond donors (Lipinski definition) is 1. The second kappa shape index (κ2) is 5.99. The molecule has 0 radical (unpaired) electrons. The van der Waals surface area contributed by atoms with Crippen molar-refractivity contribution in [2.45, 2.75) is 13.5 Å². The molecule has 0 aliphatic rings. The zero-order valence-electron chi connectivity index (χ0n) is 9.05. The lowest BCUT2D eigenvalue weighted by molar-refractivity contribution is 1.03. The molecule has 4 heteroatoms. The van der Waals surface area contributed by atoms with E-state index in [-0.39, 0.29) is 4.99 Å². The summed E-state index contributed by atoms with van der Waals surface area (Å²) in [7, 11) is 0. The van der Waals surface area contributed by atoms with Gasteiger partial charge in [-0.3, -0.25) is 4.99 Å². The Morgan fingerprint density at radius 3 is 2.62 bits per heavy atom. The van der Waals surface area contributed by atoms with Crippen LogP contribution in [0.1, 0.15) is 12.5 Å². The minimum Gasteiger partial charge on any atom is -0.392 e. The van der Waals surface area contributed by atoms with Gasteiger partial charge in [0.15, 0.2) is 0 Å². The zero-order chi connectivity index (χ0) is 12.0. The molecule has 1 aromatic rings. The molecule has 1 unspecified atom stereocenters. The summed E-state index contributed by atoms with van der Waals surface area (Å²) < 4.78 is 0. The van der Waals surface area contributed by atoms with Crippen molar-refractivity contribution in [2.24, 2.45) is 16.6 Å². The number of rotatable bonds is 4. The molecule has 0 aromatic heterocycles. The number of hydrogen-bond acceptors (Lipinski definition) is 3. The summed E-state index contributed by atoms with van der Waals surface area (Å²) >= 11 is 4.80. The highest BCUT2D eigenvalue weighted by Crippen LogP contribution is 2.04. The van der Waals surface area contributed by atoms with Crippen LogP contribution < -0.4 is 5.73 Å². The zero-order valence-corrected chi connectivity index (χ0v) is 9.87. The normalized spacial score (nSPS) is 12.9. The van der Waals surface area contributed by atoms with E-state index in [2.05, 4.69) is 4.99 Å². The summed E-state index contributed by atoms with van der Waals surface area (Å²) in [5.74, 6) is -0.557. The first-order valence-corrected chi connectivity index (χ1v) is 5.29. The lowest BCUT2D eigenvalue weighted by atomic mass is 10.1. The van der Waals surface area contributed by atoms with Crippen LogP contribution in [0, 0.1) is 17.2 Å². The van der Waals surface area contributed by atoms with E-state index in [4.69, 9.17) is 23.2 Å². The van der Waals surface area contributed by atoms with Crippen molar-refractivity contribution in [3.8, 4) is 6.07 Å². The third-order valence-corrected chi connectivity index (χ3v) is 2.42. The maximum atomic E-state index is 8.87. The summed E-state index contributed by atoms with van der Waals surface area (Å²) in [5.41, 5.74) is 7.21. The predicted molar refractivity (Wildman–Crippen MR) is 69.1 cm³/mol. The van der Waals surface area contributed by atoms with Crippen LogP contribution >= 0.6 is 12.2 Å².